The van der Waals surface area contributed by atoms with Gasteiger partial charge in [-0.05, 0) is 35.9 Å². The number of carbonyl (C=O) groups is 1. The van der Waals surface area contributed by atoms with E-state index in [1.54, 1.807) is 18.2 Å². The highest BCUT2D eigenvalue weighted by Gasteiger charge is 2.15. The standard InChI is InChI=1S/C15H11BrFNO3/c16-10-2-3-11(12(17)6-10)15(19)18-7-9-1-4-13-14(5-9)21-8-20-13/h1-6H,7-8H2,(H,18,19). The zero-order valence-electron chi connectivity index (χ0n) is 10.9. The van der Waals surface area contributed by atoms with Crippen molar-refractivity contribution in [1.29, 1.82) is 0 Å². The van der Waals surface area contributed by atoms with Crippen LogP contribution in [-0.4, -0.2) is 12.7 Å². The Hall–Kier alpha value is -2.08. The summed E-state index contributed by atoms with van der Waals surface area (Å²) in [4.78, 5) is 12.0. The Balaban J connectivity index is 1.68. The molecule has 0 saturated carbocycles. The van der Waals surface area contributed by atoms with Crippen molar-refractivity contribution in [3.8, 4) is 11.5 Å². The predicted molar refractivity (Wildman–Crippen MR) is 77.8 cm³/mol. The summed E-state index contributed by atoms with van der Waals surface area (Å²) in [6, 6.07) is 9.72. The van der Waals surface area contributed by atoms with Crippen molar-refractivity contribution >= 4 is 21.8 Å². The molecule has 0 aromatic heterocycles. The summed E-state index contributed by atoms with van der Waals surface area (Å²) in [7, 11) is 0. The van der Waals surface area contributed by atoms with Crippen molar-refractivity contribution in [2.75, 3.05) is 6.79 Å². The topological polar surface area (TPSA) is 47.6 Å². The van der Waals surface area contributed by atoms with Crippen LogP contribution in [0.25, 0.3) is 0 Å². The molecule has 1 N–H and O–H groups in total. The van der Waals surface area contributed by atoms with Gasteiger partial charge < -0.3 is 14.8 Å². The van der Waals surface area contributed by atoms with Gasteiger partial charge in [-0.2, -0.15) is 0 Å². The molecule has 2 aromatic carbocycles. The van der Waals surface area contributed by atoms with Gasteiger partial charge in [-0.1, -0.05) is 22.0 Å². The lowest BCUT2D eigenvalue weighted by molar-refractivity contribution is 0.0946. The smallest absolute Gasteiger partial charge is 0.254 e. The summed E-state index contributed by atoms with van der Waals surface area (Å²) in [6.45, 7) is 0.486. The highest BCUT2D eigenvalue weighted by atomic mass is 79.9. The van der Waals surface area contributed by atoms with Gasteiger partial charge in [0.2, 0.25) is 6.79 Å². The first-order chi connectivity index (χ1) is 10.1. The molecule has 0 fully saturated rings. The predicted octanol–water partition coefficient (Wildman–Crippen LogP) is 3.25. The molecule has 0 radical (unpaired) electrons. The van der Waals surface area contributed by atoms with Crippen molar-refractivity contribution in [3.05, 3.63) is 57.8 Å². The van der Waals surface area contributed by atoms with Crippen LogP contribution in [0.15, 0.2) is 40.9 Å². The van der Waals surface area contributed by atoms with Gasteiger partial charge in [0.15, 0.2) is 11.5 Å². The summed E-state index contributed by atoms with van der Waals surface area (Å²) in [5, 5.41) is 2.68. The van der Waals surface area contributed by atoms with Crippen LogP contribution in [0.4, 0.5) is 4.39 Å². The number of ether oxygens (including phenoxy) is 2. The van der Waals surface area contributed by atoms with Gasteiger partial charge in [0.25, 0.3) is 5.91 Å². The maximum absolute atomic E-state index is 13.7. The molecule has 1 heterocycles. The monoisotopic (exact) mass is 351 g/mol. The van der Waals surface area contributed by atoms with Crippen LogP contribution >= 0.6 is 15.9 Å². The van der Waals surface area contributed by atoms with Crippen LogP contribution in [0.3, 0.4) is 0 Å². The van der Waals surface area contributed by atoms with Crippen LogP contribution < -0.4 is 14.8 Å². The Morgan fingerprint density at radius 1 is 1.19 bits per heavy atom. The second-order valence-corrected chi connectivity index (χ2v) is 5.41. The van der Waals surface area contributed by atoms with E-state index in [-0.39, 0.29) is 18.9 Å². The fraction of sp³-hybridized carbons (Fsp3) is 0.133. The normalized spacial score (nSPS) is 12.3. The SMILES string of the molecule is O=C(NCc1ccc2c(c1)OCO2)c1ccc(Br)cc1F. The minimum Gasteiger partial charge on any atom is -0.454 e. The molecule has 1 amide bonds. The number of halogens is 2. The van der Waals surface area contributed by atoms with Crippen molar-refractivity contribution in [1.82, 2.24) is 5.32 Å². The number of hydrogen-bond acceptors (Lipinski definition) is 3. The van der Waals surface area contributed by atoms with Gasteiger partial charge in [-0.3, -0.25) is 4.79 Å². The van der Waals surface area contributed by atoms with E-state index in [1.165, 1.54) is 12.1 Å². The first kappa shape index (κ1) is 13.9. The number of fused-ring (bicyclic) bond motifs is 1. The highest BCUT2D eigenvalue weighted by molar-refractivity contribution is 9.10. The van der Waals surface area contributed by atoms with Gasteiger partial charge >= 0.3 is 0 Å². The minimum absolute atomic E-state index is 0.0129. The van der Waals surface area contributed by atoms with Gasteiger partial charge in [0.1, 0.15) is 5.82 Å². The molecule has 0 bridgehead atoms. The van der Waals surface area contributed by atoms with E-state index in [2.05, 4.69) is 21.2 Å². The molecule has 4 nitrogen and oxygen atoms in total. The molecule has 2 aromatic rings. The number of benzene rings is 2. The fourth-order valence-corrected chi connectivity index (χ4v) is 2.34. The Kier molecular flexibility index (Phi) is 3.79. The summed E-state index contributed by atoms with van der Waals surface area (Å²) in [5.74, 6) is 0.311. The average Bonchev–Trinajstić information content (AvgIpc) is 2.92. The minimum atomic E-state index is -0.562. The lowest BCUT2D eigenvalue weighted by atomic mass is 10.1. The van der Waals surface area contributed by atoms with Crippen LogP contribution in [0.1, 0.15) is 15.9 Å². The Labute approximate surface area is 129 Å². The third kappa shape index (κ3) is 3.00. The zero-order valence-corrected chi connectivity index (χ0v) is 12.4. The summed E-state index contributed by atoms with van der Waals surface area (Å²) < 4.78 is 24.7. The van der Waals surface area contributed by atoms with Crippen LogP contribution in [0, 0.1) is 5.82 Å². The molecule has 0 unspecified atom stereocenters. The van der Waals surface area contributed by atoms with E-state index in [9.17, 15) is 9.18 Å². The largest absolute Gasteiger partial charge is 0.454 e. The molecule has 0 spiro atoms. The van der Waals surface area contributed by atoms with Crippen LogP contribution in [-0.2, 0) is 6.54 Å². The van der Waals surface area contributed by atoms with E-state index >= 15 is 0 Å². The average molecular weight is 352 g/mol. The van der Waals surface area contributed by atoms with Crippen molar-refractivity contribution < 1.29 is 18.7 Å². The molecule has 6 heteroatoms. The van der Waals surface area contributed by atoms with Crippen LogP contribution in [0.2, 0.25) is 0 Å². The first-order valence-corrected chi connectivity index (χ1v) is 7.04. The lowest BCUT2D eigenvalue weighted by Crippen LogP contribution is -2.23. The van der Waals surface area contributed by atoms with E-state index < -0.39 is 11.7 Å². The van der Waals surface area contributed by atoms with E-state index in [1.807, 2.05) is 6.07 Å². The molecule has 108 valence electrons. The second kappa shape index (κ2) is 5.73. The van der Waals surface area contributed by atoms with Crippen molar-refractivity contribution in [3.63, 3.8) is 0 Å². The maximum Gasteiger partial charge on any atom is 0.254 e. The summed E-state index contributed by atoms with van der Waals surface area (Å²) >= 11 is 3.15. The van der Waals surface area contributed by atoms with Gasteiger partial charge in [-0.25, -0.2) is 4.39 Å². The first-order valence-electron chi connectivity index (χ1n) is 6.25. The third-order valence-corrected chi connectivity index (χ3v) is 3.56. The zero-order chi connectivity index (χ0) is 14.8. The molecular weight excluding hydrogens is 341 g/mol. The molecule has 0 atom stereocenters. The molecule has 1 aliphatic heterocycles. The van der Waals surface area contributed by atoms with Gasteiger partial charge in [-0.15, -0.1) is 0 Å². The molecule has 21 heavy (non-hydrogen) atoms. The van der Waals surface area contributed by atoms with Gasteiger partial charge in [0, 0.05) is 11.0 Å². The number of amides is 1. The Morgan fingerprint density at radius 3 is 2.81 bits per heavy atom. The van der Waals surface area contributed by atoms with E-state index in [0.717, 1.165) is 5.56 Å². The fourth-order valence-electron chi connectivity index (χ4n) is 2.00. The van der Waals surface area contributed by atoms with Crippen molar-refractivity contribution in [2.24, 2.45) is 0 Å². The number of nitrogens with one attached hydrogen (secondary N) is 1. The lowest BCUT2D eigenvalue weighted by Gasteiger charge is -2.07. The maximum atomic E-state index is 13.7. The van der Waals surface area contributed by atoms with Crippen molar-refractivity contribution in [2.45, 2.75) is 6.54 Å². The quantitative estimate of drug-likeness (QED) is 0.923. The van der Waals surface area contributed by atoms with E-state index in [0.29, 0.717) is 16.0 Å². The van der Waals surface area contributed by atoms with Gasteiger partial charge in [0.05, 0.1) is 5.56 Å². The molecule has 3 rings (SSSR count). The molecular formula is C15H11BrFNO3. The number of carbonyl (C=O) groups excluding carboxylic acids is 1. The second-order valence-electron chi connectivity index (χ2n) is 4.49. The summed E-state index contributed by atoms with van der Waals surface area (Å²) in [6.07, 6.45) is 0. The Morgan fingerprint density at radius 2 is 2.00 bits per heavy atom. The number of hydrogen-bond donors (Lipinski definition) is 1. The molecule has 0 saturated heterocycles. The highest BCUT2D eigenvalue weighted by Crippen LogP contribution is 2.32. The van der Waals surface area contributed by atoms with E-state index in [4.69, 9.17) is 9.47 Å². The Bertz CT molecular complexity index is 705. The number of rotatable bonds is 3. The molecule has 1 aliphatic rings. The third-order valence-electron chi connectivity index (χ3n) is 3.07. The summed E-state index contributed by atoms with van der Waals surface area (Å²) in [5.41, 5.74) is 0.865. The molecule has 0 aliphatic carbocycles. The van der Waals surface area contributed by atoms with Crippen LogP contribution in [0.5, 0.6) is 11.5 Å².